The molecule has 2 aliphatic rings. The zero-order valence-corrected chi connectivity index (χ0v) is 11.9. The molecule has 0 fully saturated rings. The van der Waals surface area contributed by atoms with Crippen molar-refractivity contribution < 1.29 is 14.4 Å². The minimum Gasteiger partial charge on any atom is -0.487 e. The fourth-order valence-electron chi connectivity index (χ4n) is 2.70. The Morgan fingerprint density at radius 3 is 2.65 bits per heavy atom. The summed E-state index contributed by atoms with van der Waals surface area (Å²) in [7, 11) is 1.45. The van der Waals surface area contributed by atoms with E-state index >= 15 is 0 Å². The van der Waals surface area contributed by atoms with Crippen LogP contribution in [0.25, 0.3) is 5.76 Å². The number of ketones is 1. The van der Waals surface area contributed by atoms with Gasteiger partial charge in [-0.15, -0.1) is 0 Å². The fraction of sp³-hybridized carbons (Fsp3) is 0.375. The molecule has 4 heteroatoms. The van der Waals surface area contributed by atoms with E-state index in [-0.39, 0.29) is 11.4 Å². The van der Waals surface area contributed by atoms with Crippen LogP contribution in [0, 0.1) is 0 Å². The number of nitrogens with zero attached hydrogens (tertiary/aromatic N) is 1. The van der Waals surface area contributed by atoms with Crippen LogP contribution in [0.2, 0.25) is 0 Å². The van der Waals surface area contributed by atoms with E-state index in [0.29, 0.717) is 23.5 Å². The number of oxime groups is 1. The maximum atomic E-state index is 12.6. The molecule has 3 rings (SSSR count). The minimum atomic E-state index is -0.248. The van der Waals surface area contributed by atoms with Crippen LogP contribution in [-0.2, 0) is 14.4 Å². The lowest BCUT2D eigenvalue weighted by molar-refractivity contribution is -0.110. The number of carbonyl (C=O) groups is 1. The van der Waals surface area contributed by atoms with Gasteiger partial charge in [0.15, 0.2) is 5.71 Å². The summed E-state index contributed by atoms with van der Waals surface area (Å²) in [5.74, 6) is 0.618. The van der Waals surface area contributed by atoms with Crippen molar-refractivity contribution in [1.29, 1.82) is 0 Å². The van der Waals surface area contributed by atoms with Crippen LogP contribution in [0.4, 0.5) is 0 Å². The molecule has 0 saturated heterocycles. The van der Waals surface area contributed by atoms with E-state index in [1.807, 2.05) is 38.1 Å². The van der Waals surface area contributed by atoms with Gasteiger partial charge >= 0.3 is 0 Å². The average Bonchev–Trinajstić information content (AvgIpc) is 2.42. The van der Waals surface area contributed by atoms with Crippen molar-refractivity contribution in [2.75, 3.05) is 7.11 Å². The van der Waals surface area contributed by atoms with Crippen molar-refractivity contribution in [2.45, 2.75) is 32.3 Å². The van der Waals surface area contributed by atoms with Crippen molar-refractivity contribution >= 4 is 17.3 Å². The topological polar surface area (TPSA) is 47.9 Å². The standard InChI is InChI=1S/C16H17NO3/c1-16(2)9-8-12-14(18)13(17-19-3)10-6-4-5-7-11(10)15(12)20-16/h4-7H,8-9H2,1-3H3/b17-13+. The molecule has 0 aromatic heterocycles. The Morgan fingerprint density at radius 2 is 1.95 bits per heavy atom. The highest BCUT2D eigenvalue weighted by molar-refractivity contribution is 6.54. The lowest BCUT2D eigenvalue weighted by atomic mass is 9.82. The number of fused-ring (bicyclic) bond motifs is 2. The molecule has 20 heavy (non-hydrogen) atoms. The van der Waals surface area contributed by atoms with Gasteiger partial charge in [0.25, 0.3) is 0 Å². The normalized spacial score (nSPS) is 22.1. The van der Waals surface area contributed by atoms with Crippen molar-refractivity contribution in [1.82, 2.24) is 0 Å². The van der Waals surface area contributed by atoms with Crippen LogP contribution in [0.1, 0.15) is 37.8 Å². The predicted molar refractivity (Wildman–Crippen MR) is 76.3 cm³/mol. The molecule has 0 saturated carbocycles. The molecule has 0 amide bonds. The highest BCUT2D eigenvalue weighted by Crippen LogP contribution is 2.41. The third-order valence-corrected chi connectivity index (χ3v) is 3.73. The van der Waals surface area contributed by atoms with Crippen LogP contribution < -0.4 is 0 Å². The van der Waals surface area contributed by atoms with Crippen LogP contribution >= 0.6 is 0 Å². The number of carbonyl (C=O) groups excluding carboxylic acids is 1. The van der Waals surface area contributed by atoms with E-state index in [1.54, 1.807) is 0 Å². The molecule has 1 aliphatic carbocycles. The van der Waals surface area contributed by atoms with Crippen LogP contribution in [0.5, 0.6) is 0 Å². The second-order valence-corrected chi connectivity index (χ2v) is 5.67. The molecule has 104 valence electrons. The second-order valence-electron chi connectivity index (χ2n) is 5.67. The van der Waals surface area contributed by atoms with Crippen LogP contribution in [0.15, 0.2) is 35.0 Å². The molecular weight excluding hydrogens is 254 g/mol. The SMILES string of the molecule is CO/N=C1/C(=O)C2=C(OC(C)(C)CC2)c2ccccc21. The van der Waals surface area contributed by atoms with Crippen molar-refractivity contribution in [3.63, 3.8) is 0 Å². The summed E-state index contributed by atoms with van der Waals surface area (Å²) < 4.78 is 6.06. The van der Waals surface area contributed by atoms with Gasteiger partial charge in [0, 0.05) is 16.7 Å². The first-order valence-electron chi connectivity index (χ1n) is 6.71. The number of hydrogen-bond donors (Lipinski definition) is 0. The van der Waals surface area contributed by atoms with Gasteiger partial charge in [-0.05, 0) is 26.7 Å². The molecule has 0 unspecified atom stereocenters. The second kappa shape index (κ2) is 4.47. The molecule has 4 nitrogen and oxygen atoms in total. The third-order valence-electron chi connectivity index (χ3n) is 3.73. The zero-order chi connectivity index (χ0) is 14.3. The highest BCUT2D eigenvalue weighted by atomic mass is 16.6. The Kier molecular flexibility index (Phi) is 2.89. The first-order chi connectivity index (χ1) is 9.53. The predicted octanol–water partition coefficient (Wildman–Crippen LogP) is 2.92. The summed E-state index contributed by atoms with van der Waals surface area (Å²) in [6, 6.07) is 7.66. The van der Waals surface area contributed by atoms with Crippen molar-refractivity contribution in [2.24, 2.45) is 5.16 Å². The van der Waals surface area contributed by atoms with Gasteiger partial charge in [0.2, 0.25) is 5.78 Å². The zero-order valence-electron chi connectivity index (χ0n) is 11.9. The largest absolute Gasteiger partial charge is 0.487 e. The van der Waals surface area contributed by atoms with E-state index in [4.69, 9.17) is 9.57 Å². The van der Waals surface area contributed by atoms with Gasteiger partial charge < -0.3 is 9.57 Å². The van der Waals surface area contributed by atoms with Gasteiger partial charge in [-0.2, -0.15) is 0 Å². The van der Waals surface area contributed by atoms with E-state index < -0.39 is 0 Å². The van der Waals surface area contributed by atoms with Crippen molar-refractivity contribution in [3.05, 3.63) is 41.0 Å². The smallest absolute Gasteiger partial charge is 0.215 e. The maximum Gasteiger partial charge on any atom is 0.215 e. The monoisotopic (exact) mass is 271 g/mol. The lowest BCUT2D eigenvalue weighted by Gasteiger charge is -2.36. The first-order valence-corrected chi connectivity index (χ1v) is 6.71. The maximum absolute atomic E-state index is 12.6. The molecule has 1 aromatic rings. The first kappa shape index (κ1) is 12.9. The van der Waals surface area contributed by atoms with Gasteiger partial charge in [0.05, 0.1) is 0 Å². The van der Waals surface area contributed by atoms with E-state index in [0.717, 1.165) is 17.5 Å². The summed E-state index contributed by atoms with van der Waals surface area (Å²) in [5.41, 5.74) is 2.52. The summed E-state index contributed by atoms with van der Waals surface area (Å²) in [5, 5.41) is 3.91. The molecule has 1 aromatic carbocycles. The number of rotatable bonds is 1. The van der Waals surface area contributed by atoms with E-state index in [1.165, 1.54) is 7.11 Å². The summed E-state index contributed by atoms with van der Waals surface area (Å²) >= 11 is 0. The molecule has 0 spiro atoms. The molecule has 0 atom stereocenters. The minimum absolute atomic E-state index is 0.0870. The van der Waals surface area contributed by atoms with Crippen molar-refractivity contribution in [3.8, 4) is 0 Å². The Labute approximate surface area is 118 Å². The molecule has 0 N–H and O–H groups in total. The van der Waals surface area contributed by atoms with E-state index in [9.17, 15) is 4.79 Å². The Bertz CT molecular complexity index is 641. The lowest BCUT2D eigenvalue weighted by Crippen LogP contribution is -2.35. The van der Waals surface area contributed by atoms with Gasteiger partial charge in [-0.3, -0.25) is 4.79 Å². The number of Topliss-reactive ketones (excluding diaryl/α,β-unsaturated/α-hetero) is 1. The van der Waals surface area contributed by atoms with E-state index in [2.05, 4.69) is 5.16 Å². The molecule has 0 radical (unpaired) electrons. The van der Waals surface area contributed by atoms with Gasteiger partial charge in [0.1, 0.15) is 18.5 Å². The summed E-state index contributed by atoms with van der Waals surface area (Å²) in [4.78, 5) is 17.4. The molecule has 1 aliphatic heterocycles. The summed E-state index contributed by atoms with van der Waals surface area (Å²) in [6.07, 6.45) is 1.53. The Morgan fingerprint density at radius 1 is 1.25 bits per heavy atom. The number of allylic oxidation sites excluding steroid dienone is 1. The molecule has 1 heterocycles. The Balaban J connectivity index is 2.22. The number of ether oxygens (including phenoxy) is 1. The fourth-order valence-corrected chi connectivity index (χ4v) is 2.70. The Hall–Kier alpha value is -2.10. The average molecular weight is 271 g/mol. The van der Waals surface area contributed by atoms with Crippen LogP contribution in [0.3, 0.4) is 0 Å². The molecular formula is C16H17NO3. The third kappa shape index (κ3) is 1.92. The highest BCUT2D eigenvalue weighted by Gasteiger charge is 2.38. The van der Waals surface area contributed by atoms with Gasteiger partial charge in [-0.1, -0.05) is 29.4 Å². The molecule has 0 bridgehead atoms. The van der Waals surface area contributed by atoms with Crippen LogP contribution in [-0.4, -0.2) is 24.2 Å². The quantitative estimate of drug-likeness (QED) is 0.738. The van der Waals surface area contributed by atoms with Gasteiger partial charge in [-0.25, -0.2) is 0 Å². The number of benzene rings is 1. The summed E-state index contributed by atoms with van der Waals surface area (Å²) in [6.45, 7) is 4.09. The number of hydrogen-bond acceptors (Lipinski definition) is 4.